The van der Waals surface area contributed by atoms with Crippen LogP contribution in [0.3, 0.4) is 0 Å². The molecule has 0 saturated carbocycles. The number of aromatic amines is 1. The third-order valence-corrected chi connectivity index (χ3v) is 6.55. The molecule has 0 unspecified atom stereocenters. The van der Waals surface area contributed by atoms with Crippen LogP contribution in [-0.2, 0) is 11.3 Å². The molecule has 3 heterocycles. The molecule has 1 aliphatic heterocycles. The highest BCUT2D eigenvalue weighted by molar-refractivity contribution is 6.12. The van der Waals surface area contributed by atoms with Gasteiger partial charge in [-0.3, -0.25) is 9.69 Å². The maximum Gasteiger partial charge on any atom is 0.214 e. The predicted octanol–water partition coefficient (Wildman–Crippen LogP) is 4.79. The third-order valence-electron chi connectivity index (χ3n) is 6.55. The fraction of sp³-hybridized carbons (Fsp3) is 0.172. The molecule has 0 amide bonds. The topological polar surface area (TPSA) is 98.4 Å². The van der Waals surface area contributed by atoms with Crippen LogP contribution in [0, 0.1) is 0 Å². The van der Waals surface area contributed by atoms with Crippen molar-refractivity contribution in [2.24, 2.45) is 0 Å². The number of anilines is 1. The highest BCUT2D eigenvalue weighted by atomic mass is 16.5. The molecule has 1 aliphatic rings. The monoisotopic (exact) mass is 493 g/mol. The van der Waals surface area contributed by atoms with Gasteiger partial charge in [0.1, 0.15) is 17.3 Å². The summed E-state index contributed by atoms with van der Waals surface area (Å²) in [5.41, 5.74) is 10.1. The first-order chi connectivity index (χ1) is 18.1. The van der Waals surface area contributed by atoms with Gasteiger partial charge in [-0.25, -0.2) is 4.68 Å². The average Bonchev–Trinajstić information content (AvgIpc) is 3.53. The molecular formula is C29H27N5O3. The number of benzene rings is 3. The molecule has 186 valence electrons. The molecule has 8 heteroatoms. The van der Waals surface area contributed by atoms with Crippen LogP contribution in [0.25, 0.3) is 16.6 Å². The van der Waals surface area contributed by atoms with Crippen molar-refractivity contribution in [3.05, 3.63) is 102 Å². The molecule has 3 N–H and O–H groups in total. The number of carbonyl (C=O) groups excluding carboxylic acids is 1. The van der Waals surface area contributed by atoms with E-state index in [1.54, 1.807) is 4.68 Å². The van der Waals surface area contributed by atoms with Crippen LogP contribution in [0.15, 0.2) is 85.1 Å². The molecule has 5 aromatic rings. The number of H-pyrrole nitrogens is 1. The van der Waals surface area contributed by atoms with Gasteiger partial charge >= 0.3 is 0 Å². The Morgan fingerprint density at radius 1 is 0.973 bits per heavy atom. The number of morpholine rings is 1. The Labute approximate surface area is 214 Å². The van der Waals surface area contributed by atoms with Gasteiger partial charge in [-0.2, -0.15) is 5.10 Å². The number of nitrogens with two attached hydrogens (primary N) is 1. The van der Waals surface area contributed by atoms with E-state index < -0.39 is 0 Å². The van der Waals surface area contributed by atoms with Crippen molar-refractivity contribution in [1.29, 1.82) is 0 Å². The van der Waals surface area contributed by atoms with Gasteiger partial charge in [-0.1, -0.05) is 30.3 Å². The standard InChI is InChI=1S/C29H27N5O3/c30-29-25(18-31-34(29)22-8-10-24(11-9-22)37-23-4-2-1-3-5-23)28(35)27-17-21-7-6-20(16-26(21)32-27)19-33-12-14-36-15-13-33/h1-11,16-18,32H,12-15,19,30H2. The molecule has 8 nitrogen and oxygen atoms in total. The number of nitrogens with zero attached hydrogens (tertiary/aromatic N) is 3. The van der Waals surface area contributed by atoms with Gasteiger partial charge < -0.3 is 20.2 Å². The van der Waals surface area contributed by atoms with Crippen LogP contribution >= 0.6 is 0 Å². The number of ether oxygens (including phenoxy) is 2. The van der Waals surface area contributed by atoms with Gasteiger partial charge in [0, 0.05) is 30.5 Å². The van der Waals surface area contributed by atoms with E-state index in [4.69, 9.17) is 15.2 Å². The minimum absolute atomic E-state index is 0.196. The smallest absolute Gasteiger partial charge is 0.214 e. The summed E-state index contributed by atoms with van der Waals surface area (Å²) < 4.78 is 12.8. The molecule has 0 radical (unpaired) electrons. The Morgan fingerprint density at radius 3 is 2.51 bits per heavy atom. The van der Waals surface area contributed by atoms with Crippen molar-refractivity contribution in [2.45, 2.75) is 6.54 Å². The Bertz CT molecular complexity index is 1530. The average molecular weight is 494 g/mol. The first-order valence-electron chi connectivity index (χ1n) is 12.3. The van der Waals surface area contributed by atoms with E-state index in [-0.39, 0.29) is 11.6 Å². The number of hydrogen-bond donors (Lipinski definition) is 2. The quantitative estimate of drug-likeness (QED) is 0.316. The minimum atomic E-state index is -0.196. The number of nitrogens with one attached hydrogen (secondary N) is 1. The molecule has 0 atom stereocenters. The van der Waals surface area contributed by atoms with Gasteiger partial charge in [0.2, 0.25) is 5.78 Å². The fourth-order valence-corrected chi connectivity index (χ4v) is 4.58. The molecule has 1 saturated heterocycles. The Balaban J connectivity index is 1.19. The number of fused-ring (bicyclic) bond motifs is 1. The Hall–Kier alpha value is -4.40. The summed E-state index contributed by atoms with van der Waals surface area (Å²) in [5.74, 6) is 1.54. The van der Waals surface area contributed by atoms with Crippen LogP contribution in [0.5, 0.6) is 11.5 Å². The van der Waals surface area contributed by atoms with Gasteiger partial charge in [-0.05, 0) is 54.1 Å². The first kappa shape index (κ1) is 23.0. The second-order valence-electron chi connectivity index (χ2n) is 9.09. The first-order valence-corrected chi connectivity index (χ1v) is 12.3. The van der Waals surface area contributed by atoms with Crippen molar-refractivity contribution in [3.63, 3.8) is 0 Å². The molecule has 0 bridgehead atoms. The number of rotatable bonds is 7. The lowest BCUT2D eigenvalue weighted by molar-refractivity contribution is 0.0342. The number of carbonyl (C=O) groups is 1. The van der Waals surface area contributed by atoms with E-state index >= 15 is 0 Å². The summed E-state index contributed by atoms with van der Waals surface area (Å²) in [6, 6.07) is 25.1. The van der Waals surface area contributed by atoms with E-state index in [1.165, 1.54) is 11.8 Å². The SMILES string of the molecule is Nc1c(C(=O)c2cc3ccc(CN4CCOCC4)cc3[nH]2)cnn1-c1ccc(Oc2ccccc2)cc1. The summed E-state index contributed by atoms with van der Waals surface area (Å²) in [6.45, 7) is 4.25. The highest BCUT2D eigenvalue weighted by Gasteiger charge is 2.20. The summed E-state index contributed by atoms with van der Waals surface area (Å²) in [6.07, 6.45) is 1.52. The molecule has 0 aliphatic carbocycles. The summed E-state index contributed by atoms with van der Waals surface area (Å²) in [7, 11) is 0. The number of hydrogen-bond acceptors (Lipinski definition) is 6. The van der Waals surface area contributed by atoms with Crippen molar-refractivity contribution < 1.29 is 14.3 Å². The second kappa shape index (κ2) is 9.93. The summed E-state index contributed by atoms with van der Waals surface area (Å²) in [5, 5.41) is 5.36. The zero-order chi connectivity index (χ0) is 25.2. The predicted molar refractivity (Wildman–Crippen MR) is 142 cm³/mol. The number of aromatic nitrogens is 3. The van der Waals surface area contributed by atoms with Crippen LogP contribution in [0.1, 0.15) is 21.6 Å². The molecule has 37 heavy (non-hydrogen) atoms. The van der Waals surface area contributed by atoms with Crippen LogP contribution in [0.2, 0.25) is 0 Å². The van der Waals surface area contributed by atoms with E-state index in [0.717, 1.165) is 55.2 Å². The van der Waals surface area contributed by atoms with E-state index in [2.05, 4.69) is 27.1 Å². The van der Waals surface area contributed by atoms with Crippen molar-refractivity contribution in [3.8, 4) is 17.2 Å². The largest absolute Gasteiger partial charge is 0.457 e. The lowest BCUT2D eigenvalue weighted by Gasteiger charge is -2.26. The van der Waals surface area contributed by atoms with Crippen molar-refractivity contribution in [2.75, 3.05) is 32.0 Å². The lowest BCUT2D eigenvalue weighted by atomic mass is 10.1. The lowest BCUT2D eigenvalue weighted by Crippen LogP contribution is -2.35. The molecule has 1 fully saturated rings. The summed E-state index contributed by atoms with van der Waals surface area (Å²) >= 11 is 0. The molecule has 6 rings (SSSR count). The maximum absolute atomic E-state index is 13.3. The third kappa shape index (κ3) is 4.84. The van der Waals surface area contributed by atoms with Crippen LogP contribution in [0.4, 0.5) is 5.82 Å². The molecule has 0 spiro atoms. The normalized spacial score (nSPS) is 14.2. The van der Waals surface area contributed by atoms with Crippen LogP contribution in [-0.4, -0.2) is 51.8 Å². The van der Waals surface area contributed by atoms with E-state index in [0.29, 0.717) is 17.0 Å². The molecule has 3 aromatic carbocycles. The number of nitrogen functional groups attached to an aromatic ring is 1. The van der Waals surface area contributed by atoms with E-state index in [9.17, 15) is 4.79 Å². The second-order valence-corrected chi connectivity index (χ2v) is 9.09. The highest BCUT2D eigenvalue weighted by Crippen LogP contribution is 2.26. The maximum atomic E-state index is 13.3. The number of ketones is 1. The van der Waals surface area contributed by atoms with Crippen LogP contribution < -0.4 is 10.5 Å². The Morgan fingerprint density at radius 2 is 1.73 bits per heavy atom. The van der Waals surface area contributed by atoms with E-state index in [1.807, 2.05) is 66.7 Å². The number of para-hydroxylation sites is 1. The zero-order valence-corrected chi connectivity index (χ0v) is 20.3. The Kier molecular flexibility index (Phi) is 6.18. The minimum Gasteiger partial charge on any atom is -0.457 e. The van der Waals surface area contributed by atoms with Crippen molar-refractivity contribution in [1.82, 2.24) is 19.7 Å². The molecule has 2 aromatic heterocycles. The fourth-order valence-electron chi connectivity index (χ4n) is 4.58. The van der Waals surface area contributed by atoms with Crippen molar-refractivity contribution >= 4 is 22.5 Å². The summed E-state index contributed by atoms with van der Waals surface area (Å²) in [4.78, 5) is 19.0. The molecular weight excluding hydrogens is 466 g/mol. The van der Waals surface area contributed by atoms with Gasteiger partial charge in [-0.15, -0.1) is 0 Å². The van der Waals surface area contributed by atoms with Gasteiger partial charge in [0.15, 0.2) is 0 Å². The van der Waals surface area contributed by atoms with Gasteiger partial charge in [0.25, 0.3) is 0 Å². The van der Waals surface area contributed by atoms with Gasteiger partial charge in [0.05, 0.1) is 36.4 Å². The zero-order valence-electron chi connectivity index (χ0n) is 20.3.